The molecule has 0 unspecified atom stereocenters. The van der Waals surface area contributed by atoms with Crippen molar-refractivity contribution in [2.45, 2.75) is 97.8 Å². The van der Waals surface area contributed by atoms with Crippen LogP contribution in [0.1, 0.15) is 104 Å². The summed E-state index contributed by atoms with van der Waals surface area (Å²) in [5, 5.41) is 2.22. The Bertz CT molecular complexity index is 3000. The first-order valence-corrected chi connectivity index (χ1v) is 22.4. The minimum absolute atomic E-state index is 0. The number of aromatic nitrogens is 2. The van der Waals surface area contributed by atoms with Crippen LogP contribution < -0.4 is 14.5 Å². The van der Waals surface area contributed by atoms with E-state index in [0.717, 1.165) is 50.1 Å². The van der Waals surface area contributed by atoms with Crippen molar-refractivity contribution >= 4 is 33.2 Å². The second-order valence-corrected chi connectivity index (χ2v) is 20.9. The number of rotatable bonds is 8. The minimum Gasteiger partial charge on any atom is -0.509 e. The number of nitrogens with zero attached hydrogens (tertiary/aromatic N) is 4. The third kappa shape index (κ3) is 9.18. The molecule has 0 aliphatic carbocycles. The molecule has 0 amide bonds. The van der Waals surface area contributed by atoms with Gasteiger partial charge in [-0.3, -0.25) is 0 Å². The molecule has 0 bridgehead atoms. The first-order chi connectivity index (χ1) is 30.3. The summed E-state index contributed by atoms with van der Waals surface area (Å²) >= 11 is 0. The third-order valence-corrected chi connectivity index (χ3v) is 12.7. The molecule has 3 heterocycles. The summed E-state index contributed by atoms with van der Waals surface area (Å²) in [7, 11) is 0. The average molecular weight is 1040 g/mol. The van der Waals surface area contributed by atoms with E-state index in [0.29, 0.717) is 11.5 Å². The molecule has 8 aromatic rings. The Morgan fingerprint density at radius 2 is 1.14 bits per heavy atom. The van der Waals surface area contributed by atoms with Gasteiger partial charge in [-0.15, -0.1) is 53.6 Å². The summed E-state index contributed by atoms with van der Waals surface area (Å²) in [5.74, 6) is 2.04. The van der Waals surface area contributed by atoms with Crippen LogP contribution in [0.4, 0.5) is 11.4 Å². The molecule has 6 heteroatoms. The Morgan fingerprint density at radius 1 is 0.508 bits per heavy atom. The quantitative estimate of drug-likeness (QED) is 0.142. The van der Waals surface area contributed by atoms with Crippen molar-refractivity contribution in [3.05, 3.63) is 199 Å². The van der Waals surface area contributed by atoms with E-state index in [1.807, 2.05) is 18.3 Å². The van der Waals surface area contributed by atoms with Crippen LogP contribution in [0, 0.1) is 18.8 Å². The van der Waals surface area contributed by atoms with E-state index in [-0.39, 0.29) is 42.7 Å². The number of ether oxygens (including phenoxy) is 1. The zero-order valence-corrected chi connectivity index (χ0v) is 41.8. The first-order valence-electron chi connectivity index (χ1n) is 22.4. The predicted octanol–water partition coefficient (Wildman–Crippen LogP) is 15.4. The van der Waals surface area contributed by atoms with E-state index < -0.39 is 0 Å². The van der Waals surface area contributed by atoms with Crippen LogP contribution in [0.15, 0.2) is 152 Å². The zero-order chi connectivity index (χ0) is 45.2. The molecule has 9 rings (SSSR count). The van der Waals surface area contributed by atoms with Crippen molar-refractivity contribution in [2.24, 2.45) is 0 Å². The molecule has 0 N–H and O–H groups in total. The van der Waals surface area contributed by atoms with Gasteiger partial charge in [0.1, 0.15) is 5.82 Å². The van der Waals surface area contributed by atoms with E-state index in [4.69, 9.17) is 9.72 Å². The summed E-state index contributed by atoms with van der Waals surface area (Å²) < 4.78 is 9.10. The van der Waals surface area contributed by atoms with Crippen molar-refractivity contribution in [1.29, 1.82) is 0 Å². The van der Waals surface area contributed by atoms with E-state index >= 15 is 0 Å². The van der Waals surface area contributed by atoms with Gasteiger partial charge in [0.05, 0.1) is 0 Å². The van der Waals surface area contributed by atoms with Crippen LogP contribution >= 0.6 is 0 Å². The van der Waals surface area contributed by atoms with Crippen molar-refractivity contribution < 1.29 is 25.8 Å². The molecule has 1 aliphatic rings. The number of hydrogen-bond acceptors (Lipinski definition) is 4. The number of fused-ring (bicyclic) bond motifs is 3. The SMILES string of the molecule is CC(C)(C)c1cc(N2C=CN(c3[c-]c(Oc4[c-]c5c(cc4)c4ccc(C(C)(C)c6ccccc6)cc4n5-c4cc(C(C)(C)C)ccn4)cc(-c4ccccc4)c3)[CH-]2)cc(C(C)(C)C)c1.[Pt]. The average Bonchev–Trinajstić information content (AvgIpc) is 3.89. The molecule has 2 aromatic heterocycles. The smallest absolute Gasteiger partial charge is 0.135 e. The van der Waals surface area contributed by atoms with Crippen LogP contribution in [0.25, 0.3) is 38.8 Å². The molecular formula is C59H59N4OPt-3. The van der Waals surface area contributed by atoms with Crippen molar-refractivity contribution in [3.63, 3.8) is 0 Å². The summed E-state index contributed by atoms with van der Waals surface area (Å²) in [6, 6.07) is 55.1. The fourth-order valence-electron chi connectivity index (χ4n) is 8.55. The van der Waals surface area contributed by atoms with Crippen molar-refractivity contribution in [3.8, 4) is 28.4 Å². The molecule has 6 aromatic carbocycles. The molecule has 0 radical (unpaired) electrons. The summed E-state index contributed by atoms with van der Waals surface area (Å²) in [5.41, 5.74) is 12.1. The topological polar surface area (TPSA) is 33.5 Å². The van der Waals surface area contributed by atoms with Gasteiger partial charge in [-0.25, -0.2) is 4.98 Å². The van der Waals surface area contributed by atoms with Gasteiger partial charge < -0.3 is 19.1 Å². The van der Waals surface area contributed by atoms with E-state index in [9.17, 15) is 0 Å². The monoisotopic (exact) mass is 1030 g/mol. The normalized spacial score (nSPS) is 13.5. The van der Waals surface area contributed by atoms with Gasteiger partial charge in [-0.1, -0.05) is 161 Å². The Hall–Kier alpha value is -5.90. The fraction of sp³-hybridized carbons (Fsp3) is 0.254. The maximum absolute atomic E-state index is 6.84. The molecular weight excluding hydrogens is 976 g/mol. The zero-order valence-electron chi connectivity index (χ0n) is 39.5. The van der Waals surface area contributed by atoms with Crippen LogP contribution in [-0.2, 0) is 42.7 Å². The number of pyridine rings is 1. The molecule has 334 valence electrons. The Balaban J connectivity index is 0.00000576. The largest absolute Gasteiger partial charge is 0.509 e. The molecule has 0 atom stereocenters. The number of anilines is 2. The molecule has 0 fully saturated rings. The molecule has 0 spiro atoms. The molecule has 0 saturated carbocycles. The van der Waals surface area contributed by atoms with E-state index in [1.54, 1.807) is 0 Å². The Morgan fingerprint density at radius 3 is 1.80 bits per heavy atom. The molecule has 1 aliphatic heterocycles. The third-order valence-electron chi connectivity index (χ3n) is 12.7. The maximum atomic E-state index is 6.84. The molecule has 5 nitrogen and oxygen atoms in total. The van der Waals surface area contributed by atoms with Gasteiger partial charge in [0, 0.05) is 55.4 Å². The fourth-order valence-corrected chi connectivity index (χ4v) is 8.55. The van der Waals surface area contributed by atoms with Crippen LogP contribution in [-0.4, -0.2) is 9.55 Å². The predicted molar refractivity (Wildman–Crippen MR) is 268 cm³/mol. The summed E-state index contributed by atoms with van der Waals surface area (Å²) in [6.07, 6.45) is 6.13. The van der Waals surface area contributed by atoms with Gasteiger partial charge in [-0.2, -0.15) is 6.07 Å². The second kappa shape index (κ2) is 17.1. The Kier molecular flexibility index (Phi) is 12.0. The Labute approximate surface area is 401 Å². The van der Waals surface area contributed by atoms with E-state index in [2.05, 4.69) is 243 Å². The van der Waals surface area contributed by atoms with Crippen LogP contribution in [0.5, 0.6) is 11.5 Å². The molecule has 0 saturated heterocycles. The summed E-state index contributed by atoms with van der Waals surface area (Å²) in [6.45, 7) is 27.1. The van der Waals surface area contributed by atoms with E-state index in [1.165, 1.54) is 27.8 Å². The van der Waals surface area contributed by atoms with Gasteiger partial charge >= 0.3 is 0 Å². The standard InChI is InChI=1S/C59H59N4O.Pt/c1-56(2,3)43-26-27-60-55(36-43)63-53-35-44(59(10,11)42-20-16-13-17-21-42)22-24-51(53)52-25-23-49(38-54(52)63)64-50-31-41(40-18-14-12-15-19-40)30-47(37-50)61-28-29-62(39-61)48-33-45(57(4,5)6)32-46(34-48)58(7,8)9;/h12-36,39H,1-11H3;/q-3;. The minimum atomic E-state index is -0.225. The van der Waals surface area contributed by atoms with Gasteiger partial charge in [0.15, 0.2) is 0 Å². The molecule has 65 heavy (non-hydrogen) atoms. The maximum Gasteiger partial charge on any atom is 0.135 e. The first kappa shape index (κ1) is 45.7. The van der Waals surface area contributed by atoms with Gasteiger partial charge in [0.25, 0.3) is 0 Å². The van der Waals surface area contributed by atoms with Gasteiger partial charge in [-0.05, 0) is 97.7 Å². The van der Waals surface area contributed by atoms with Crippen molar-refractivity contribution in [2.75, 3.05) is 9.80 Å². The number of hydrogen-bond donors (Lipinski definition) is 0. The second-order valence-electron chi connectivity index (χ2n) is 20.9. The summed E-state index contributed by atoms with van der Waals surface area (Å²) in [4.78, 5) is 9.31. The van der Waals surface area contributed by atoms with Gasteiger partial charge in [0.2, 0.25) is 0 Å². The van der Waals surface area contributed by atoms with Crippen LogP contribution in [0.3, 0.4) is 0 Å². The number of benzene rings is 6. The van der Waals surface area contributed by atoms with Crippen LogP contribution in [0.2, 0.25) is 0 Å². The van der Waals surface area contributed by atoms with Crippen molar-refractivity contribution in [1.82, 2.24) is 9.55 Å².